The van der Waals surface area contributed by atoms with Crippen molar-refractivity contribution in [3.63, 3.8) is 0 Å². The summed E-state index contributed by atoms with van der Waals surface area (Å²) >= 11 is 5.50. The molecule has 3 aromatic rings. The Balaban J connectivity index is 1.54. The summed E-state index contributed by atoms with van der Waals surface area (Å²) in [6.07, 6.45) is 8.86. The van der Waals surface area contributed by atoms with Gasteiger partial charge in [0.05, 0.1) is 5.56 Å². The van der Waals surface area contributed by atoms with Crippen molar-refractivity contribution in [1.82, 2.24) is 0 Å². The summed E-state index contributed by atoms with van der Waals surface area (Å²) in [5.74, 6) is 4.52. The molecule has 0 spiro atoms. The SMILES string of the molecule is CCCCC1CCC(c2ccc3c(F)c(C#Cc4cc(F)c(Cl)c(F)c4)ccc3c2)CC1. The Hall–Kier alpha value is -2.44. The summed E-state index contributed by atoms with van der Waals surface area (Å²) in [6, 6.07) is 11.5. The second kappa shape index (κ2) is 10.0. The normalized spacial score (nSPS) is 18.4. The average Bonchev–Trinajstić information content (AvgIpc) is 2.81. The van der Waals surface area contributed by atoms with E-state index in [0.717, 1.165) is 23.4 Å². The van der Waals surface area contributed by atoms with Crippen LogP contribution in [-0.4, -0.2) is 0 Å². The summed E-state index contributed by atoms with van der Waals surface area (Å²) < 4.78 is 42.3. The summed E-state index contributed by atoms with van der Waals surface area (Å²) in [5.41, 5.74) is 1.57. The molecule has 0 N–H and O–H groups in total. The molecule has 166 valence electrons. The average molecular weight is 455 g/mol. The van der Waals surface area contributed by atoms with Gasteiger partial charge in [-0.2, -0.15) is 0 Å². The van der Waals surface area contributed by atoms with Gasteiger partial charge in [-0.25, -0.2) is 13.2 Å². The predicted octanol–water partition coefficient (Wildman–Crippen LogP) is 8.77. The fourth-order valence-electron chi connectivity index (χ4n) is 4.71. The van der Waals surface area contributed by atoms with Gasteiger partial charge in [0.15, 0.2) is 0 Å². The van der Waals surface area contributed by atoms with Gasteiger partial charge in [-0.05, 0) is 66.7 Å². The number of hydrogen-bond donors (Lipinski definition) is 0. The summed E-state index contributed by atoms with van der Waals surface area (Å²) in [5, 5.41) is 0.783. The molecule has 0 radical (unpaired) electrons. The monoisotopic (exact) mass is 454 g/mol. The highest BCUT2D eigenvalue weighted by molar-refractivity contribution is 6.30. The maximum Gasteiger partial charge on any atom is 0.146 e. The van der Waals surface area contributed by atoms with E-state index >= 15 is 4.39 Å². The molecule has 0 amide bonds. The molecular formula is C28H26ClF3. The van der Waals surface area contributed by atoms with Crippen LogP contribution in [0.4, 0.5) is 13.2 Å². The third-order valence-corrected chi connectivity index (χ3v) is 6.95. The number of rotatable bonds is 4. The number of fused-ring (bicyclic) bond motifs is 1. The predicted molar refractivity (Wildman–Crippen MR) is 125 cm³/mol. The van der Waals surface area contributed by atoms with E-state index in [0.29, 0.717) is 11.3 Å². The smallest absolute Gasteiger partial charge is 0.146 e. The molecule has 0 heterocycles. The van der Waals surface area contributed by atoms with Crippen LogP contribution in [0.25, 0.3) is 10.8 Å². The quantitative estimate of drug-likeness (QED) is 0.273. The third kappa shape index (κ3) is 4.97. The zero-order valence-corrected chi connectivity index (χ0v) is 18.9. The number of benzene rings is 3. The Bertz CT molecular complexity index is 1160. The molecular weight excluding hydrogens is 429 g/mol. The van der Waals surface area contributed by atoms with Gasteiger partial charge < -0.3 is 0 Å². The summed E-state index contributed by atoms with van der Waals surface area (Å²) in [4.78, 5) is 0. The molecule has 0 aromatic heterocycles. The molecule has 1 aliphatic rings. The van der Waals surface area contributed by atoms with E-state index in [4.69, 9.17) is 11.6 Å². The van der Waals surface area contributed by atoms with Gasteiger partial charge in [0, 0.05) is 10.9 Å². The van der Waals surface area contributed by atoms with Gasteiger partial charge in [0.25, 0.3) is 0 Å². The minimum Gasteiger partial charge on any atom is -0.205 e. The van der Waals surface area contributed by atoms with E-state index in [9.17, 15) is 8.78 Å². The van der Waals surface area contributed by atoms with Gasteiger partial charge in [-0.15, -0.1) is 0 Å². The van der Waals surface area contributed by atoms with Crippen molar-refractivity contribution in [3.8, 4) is 11.8 Å². The van der Waals surface area contributed by atoms with E-state index in [1.807, 2.05) is 18.2 Å². The van der Waals surface area contributed by atoms with E-state index in [1.165, 1.54) is 50.5 Å². The lowest BCUT2D eigenvalue weighted by Gasteiger charge is -2.29. The lowest BCUT2D eigenvalue weighted by atomic mass is 9.77. The molecule has 0 unspecified atom stereocenters. The van der Waals surface area contributed by atoms with Gasteiger partial charge in [-0.3, -0.25) is 0 Å². The van der Waals surface area contributed by atoms with Gasteiger partial charge in [-0.1, -0.05) is 73.9 Å². The minimum atomic E-state index is -0.887. The van der Waals surface area contributed by atoms with E-state index < -0.39 is 22.5 Å². The van der Waals surface area contributed by atoms with Crippen LogP contribution in [0, 0.1) is 35.2 Å². The Morgan fingerprint density at radius 2 is 1.62 bits per heavy atom. The van der Waals surface area contributed by atoms with Crippen molar-refractivity contribution < 1.29 is 13.2 Å². The van der Waals surface area contributed by atoms with E-state index in [1.54, 1.807) is 6.07 Å². The maximum atomic E-state index is 15.1. The highest BCUT2D eigenvalue weighted by Crippen LogP contribution is 2.38. The molecule has 4 heteroatoms. The number of unbranched alkanes of at least 4 members (excludes halogenated alkanes) is 1. The molecule has 0 aliphatic heterocycles. The fraction of sp³-hybridized carbons (Fsp3) is 0.357. The van der Waals surface area contributed by atoms with Crippen LogP contribution < -0.4 is 0 Å². The standard InChI is InChI=1S/C28H26ClF3/c1-2-3-4-18-5-8-20(9-6-18)22-13-14-24-23(17-22)12-11-21(28(24)32)10-7-19-15-25(30)27(29)26(31)16-19/h11-18,20H,2-6,8-9H2,1H3. The molecule has 0 saturated heterocycles. The van der Waals surface area contributed by atoms with Crippen molar-refractivity contribution >= 4 is 22.4 Å². The van der Waals surface area contributed by atoms with Crippen molar-refractivity contribution in [3.05, 3.63) is 81.6 Å². The highest BCUT2D eigenvalue weighted by Gasteiger charge is 2.22. The van der Waals surface area contributed by atoms with Crippen molar-refractivity contribution in [2.75, 3.05) is 0 Å². The first kappa shape index (κ1) is 22.7. The lowest BCUT2D eigenvalue weighted by Crippen LogP contribution is -2.13. The first-order valence-corrected chi connectivity index (χ1v) is 11.7. The number of halogens is 4. The topological polar surface area (TPSA) is 0 Å². The molecule has 4 rings (SSSR count). The van der Waals surface area contributed by atoms with E-state index in [2.05, 4.69) is 24.8 Å². The maximum absolute atomic E-state index is 15.1. The Labute approximate surface area is 192 Å². The Kier molecular flexibility index (Phi) is 7.11. The second-order valence-electron chi connectivity index (χ2n) is 8.77. The molecule has 3 aromatic carbocycles. The lowest BCUT2D eigenvalue weighted by molar-refractivity contribution is 0.304. The van der Waals surface area contributed by atoms with Crippen LogP contribution in [0.2, 0.25) is 5.02 Å². The first-order valence-electron chi connectivity index (χ1n) is 11.3. The second-order valence-corrected chi connectivity index (χ2v) is 9.15. The molecule has 0 nitrogen and oxygen atoms in total. The van der Waals surface area contributed by atoms with Crippen LogP contribution in [0.5, 0.6) is 0 Å². The molecule has 0 bridgehead atoms. The van der Waals surface area contributed by atoms with Gasteiger partial charge >= 0.3 is 0 Å². The fourth-order valence-corrected chi connectivity index (χ4v) is 4.81. The van der Waals surface area contributed by atoms with Crippen LogP contribution in [0.15, 0.2) is 42.5 Å². The van der Waals surface area contributed by atoms with Gasteiger partial charge in [0.2, 0.25) is 0 Å². The summed E-state index contributed by atoms with van der Waals surface area (Å²) in [7, 11) is 0. The van der Waals surface area contributed by atoms with Crippen molar-refractivity contribution in [1.29, 1.82) is 0 Å². The molecule has 1 fully saturated rings. The Morgan fingerprint density at radius 1 is 0.906 bits per heavy atom. The largest absolute Gasteiger partial charge is 0.205 e. The van der Waals surface area contributed by atoms with Crippen molar-refractivity contribution in [2.24, 2.45) is 5.92 Å². The van der Waals surface area contributed by atoms with Crippen LogP contribution in [0.3, 0.4) is 0 Å². The summed E-state index contributed by atoms with van der Waals surface area (Å²) in [6.45, 7) is 2.24. The number of hydrogen-bond acceptors (Lipinski definition) is 0. The molecule has 1 saturated carbocycles. The highest BCUT2D eigenvalue weighted by atomic mass is 35.5. The van der Waals surface area contributed by atoms with Crippen molar-refractivity contribution in [2.45, 2.75) is 57.8 Å². The van der Waals surface area contributed by atoms with Crippen LogP contribution in [-0.2, 0) is 0 Å². The van der Waals surface area contributed by atoms with E-state index in [-0.39, 0.29) is 11.1 Å². The van der Waals surface area contributed by atoms with Crippen LogP contribution >= 0.6 is 11.6 Å². The molecule has 1 aliphatic carbocycles. The minimum absolute atomic E-state index is 0.105. The first-order chi connectivity index (χ1) is 15.5. The third-order valence-electron chi connectivity index (χ3n) is 6.59. The molecule has 0 atom stereocenters. The van der Waals surface area contributed by atoms with Gasteiger partial charge in [0.1, 0.15) is 22.5 Å². The zero-order valence-electron chi connectivity index (χ0n) is 18.2. The molecule has 32 heavy (non-hydrogen) atoms. The Morgan fingerprint density at radius 3 is 2.31 bits per heavy atom. The zero-order chi connectivity index (χ0) is 22.7. The van der Waals surface area contributed by atoms with Crippen LogP contribution in [0.1, 0.15) is 74.5 Å².